The summed E-state index contributed by atoms with van der Waals surface area (Å²) in [6.07, 6.45) is 2.02. The van der Waals surface area contributed by atoms with Gasteiger partial charge in [-0.3, -0.25) is 4.79 Å². The maximum Gasteiger partial charge on any atom is 0.261 e. The molecule has 0 saturated carbocycles. The first kappa shape index (κ1) is 14.6. The van der Waals surface area contributed by atoms with Crippen molar-refractivity contribution >= 4 is 17.2 Å². The van der Waals surface area contributed by atoms with Gasteiger partial charge < -0.3 is 9.64 Å². The van der Waals surface area contributed by atoms with Crippen LogP contribution in [-0.2, 0) is 4.79 Å². The first-order valence-electron chi connectivity index (χ1n) is 7.24. The lowest BCUT2D eigenvalue weighted by Gasteiger charge is -2.24. The van der Waals surface area contributed by atoms with Crippen LogP contribution in [0.2, 0.25) is 0 Å². The van der Waals surface area contributed by atoms with Gasteiger partial charge in [-0.15, -0.1) is 11.3 Å². The number of nitrogens with zero attached hydrogens (tertiary/aromatic N) is 2. The van der Waals surface area contributed by atoms with Gasteiger partial charge in [0.1, 0.15) is 11.8 Å². The molecule has 1 saturated heterocycles. The van der Waals surface area contributed by atoms with E-state index in [2.05, 4.69) is 12.1 Å². The third kappa shape index (κ3) is 2.97. The van der Waals surface area contributed by atoms with Crippen LogP contribution in [0.5, 0.6) is 5.75 Å². The second-order valence-electron chi connectivity index (χ2n) is 5.16. The summed E-state index contributed by atoms with van der Waals surface area (Å²) in [5.41, 5.74) is 0.450. The summed E-state index contributed by atoms with van der Waals surface area (Å²) in [6, 6.07) is 13.3. The van der Waals surface area contributed by atoms with E-state index in [0.29, 0.717) is 11.3 Å². The zero-order chi connectivity index (χ0) is 15.4. The topological polar surface area (TPSA) is 53.3 Å². The highest BCUT2D eigenvalue weighted by molar-refractivity contribution is 7.10. The smallest absolute Gasteiger partial charge is 0.261 e. The van der Waals surface area contributed by atoms with Crippen molar-refractivity contribution in [2.24, 2.45) is 0 Å². The van der Waals surface area contributed by atoms with E-state index in [4.69, 9.17) is 10.00 Å². The van der Waals surface area contributed by atoms with Gasteiger partial charge in [0.25, 0.3) is 5.91 Å². The van der Waals surface area contributed by atoms with Crippen molar-refractivity contribution in [2.75, 3.05) is 13.2 Å². The number of amides is 1. The van der Waals surface area contributed by atoms with Gasteiger partial charge in [0.05, 0.1) is 11.6 Å². The van der Waals surface area contributed by atoms with Gasteiger partial charge in [-0.2, -0.15) is 5.26 Å². The van der Waals surface area contributed by atoms with E-state index in [1.54, 1.807) is 35.6 Å². The standard InChI is InChI=1S/C17H16N2O2S/c18-11-13-5-1-2-7-15(13)21-12-17(20)19-9-3-6-14(19)16-8-4-10-22-16/h1-2,4-5,7-8,10,14H,3,6,9,12H2. The Hall–Kier alpha value is -2.32. The highest BCUT2D eigenvalue weighted by atomic mass is 32.1. The van der Waals surface area contributed by atoms with E-state index in [1.165, 1.54) is 4.88 Å². The molecule has 0 spiro atoms. The predicted molar refractivity (Wildman–Crippen MR) is 84.7 cm³/mol. The molecule has 3 rings (SSSR count). The van der Waals surface area contributed by atoms with Crippen LogP contribution in [0.3, 0.4) is 0 Å². The van der Waals surface area contributed by atoms with Gasteiger partial charge in [0.2, 0.25) is 0 Å². The Morgan fingerprint density at radius 1 is 1.36 bits per heavy atom. The highest BCUT2D eigenvalue weighted by Crippen LogP contribution is 2.34. The maximum absolute atomic E-state index is 12.4. The molecule has 112 valence electrons. The summed E-state index contributed by atoms with van der Waals surface area (Å²) in [5, 5.41) is 11.1. The van der Waals surface area contributed by atoms with Crippen LogP contribution in [0.25, 0.3) is 0 Å². The van der Waals surface area contributed by atoms with Crippen LogP contribution in [0.4, 0.5) is 0 Å². The molecule has 1 aliphatic heterocycles. The summed E-state index contributed by atoms with van der Waals surface area (Å²) in [7, 11) is 0. The van der Waals surface area contributed by atoms with E-state index in [0.717, 1.165) is 19.4 Å². The predicted octanol–water partition coefficient (Wildman–Crippen LogP) is 3.36. The van der Waals surface area contributed by atoms with Crippen molar-refractivity contribution in [3.05, 3.63) is 52.2 Å². The fraction of sp³-hybridized carbons (Fsp3) is 0.294. The summed E-state index contributed by atoms with van der Waals surface area (Å²) in [5.74, 6) is 0.439. The maximum atomic E-state index is 12.4. The van der Waals surface area contributed by atoms with E-state index in [-0.39, 0.29) is 18.6 Å². The number of para-hydroxylation sites is 1. The zero-order valence-corrected chi connectivity index (χ0v) is 12.9. The molecule has 0 N–H and O–H groups in total. The van der Waals surface area contributed by atoms with Crippen LogP contribution < -0.4 is 4.74 Å². The largest absolute Gasteiger partial charge is 0.482 e. The Bertz CT molecular complexity index is 691. The lowest BCUT2D eigenvalue weighted by Crippen LogP contribution is -2.34. The van der Waals surface area contributed by atoms with E-state index in [9.17, 15) is 4.79 Å². The fourth-order valence-corrected chi connectivity index (χ4v) is 3.62. The second-order valence-corrected chi connectivity index (χ2v) is 6.14. The minimum atomic E-state index is -0.0272. The number of nitriles is 1. The molecule has 0 radical (unpaired) electrons. The lowest BCUT2D eigenvalue weighted by atomic mass is 10.2. The van der Waals surface area contributed by atoms with Crippen LogP contribution in [-0.4, -0.2) is 24.0 Å². The number of thiophene rings is 1. The molecule has 1 fully saturated rings. The Morgan fingerprint density at radius 3 is 3.00 bits per heavy atom. The summed E-state index contributed by atoms with van der Waals surface area (Å²) in [6.45, 7) is 0.741. The molecular formula is C17H16N2O2S. The van der Waals surface area contributed by atoms with Gasteiger partial charge in [-0.05, 0) is 36.4 Å². The molecule has 2 heterocycles. The summed E-state index contributed by atoms with van der Waals surface area (Å²) >= 11 is 1.68. The number of carbonyl (C=O) groups is 1. The Kier molecular flexibility index (Phi) is 4.40. The molecule has 4 nitrogen and oxygen atoms in total. The van der Waals surface area contributed by atoms with Crippen LogP contribution in [0.15, 0.2) is 41.8 Å². The molecule has 0 aliphatic carbocycles. The SMILES string of the molecule is N#Cc1ccccc1OCC(=O)N1CCCC1c1cccs1. The van der Waals surface area contributed by atoms with Gasteiger partial charge >= 0.3 is 0 Å². The minimum absolute atomic E-state index is 0.0244. The number of likely N-dealkylation sites (tertiary alicyclic amines) is 1. The molecular weight excluding hydrogens is 296 g/mol. The molecule has 0 bridgehead atoms. The molecule has 1 unspecified atom stereocenters. The molecule has 5 heteroatoms. The van der Waals surface area contributed by atoms with Gasteiger partial charge in [0.15, 0.2) is 6.61 Å². The first-order valence-corrected chi connectivity index (χ1v) is 8.12. The fourth-order valence-electron chi connectivity index (χ4n) is 2.75. The summed E-state index contributed by atoms with van der Waals surface area (Å²) < 4.78 is 5.56. The quantitative estimate of drug-likeness (QED) is 0.870. The normalized spacial score (nSPS) is 17.2. The van der Waals surface area contributed by atoms with Crippen molar-refractivity contribution in [1.82, 2.24) is 4.90 Å². The Balaban J connectivity index is 1.66. The second kappa shape index (κ2) is 6.63. The number of hydrogen-bond donors (Lipinski definition) is 0. The van der Waals surface area contributed by atoms with E-state index in [1.807, 2.05) is 16.3 Å². The molecule has 1 aromatic heterocycles. The van der Waals surface area contributed by atoms with Gasteiger partial charge in [0, 0.05) is 11.4 Å². The van der Waals surface area contributed by atoms with Gasteiger partial charge in [-0.25, -0.2) is 0 Å². The highest BCUT2D eigenvalue weighted by Gasteiger charge is 2.30. The van der Waals surface area contributed by atoms with Crippen molar-refractivity contribution in [1.29, 1.82) is 5.26 Å². The van der Waals surface area contributed by atoms with E-state index < -0.39 is 0 Å². The zero-order valence-electron chi connectivity index (χ0n) is 12.1. The average molecular weight is 312 g/mol. The van der Waals surface area contributed by atoms with Crippen molar-refractivity contribution in [3.8, 4) is 11.8 Å². The third-order valence-electron chi connectivity index (χ3n) is 3.80. The van der Waals surface area contributed by atoms with Crippen LogP contribution >= 0.6 is 11.3 Å². The molecule has 22 heavy (non-hydrogen) atoms. The third-order valence-corrected chi connectivity index (χ3v) is 4.78. The monoisotopic (exact) mass is 312 g/mol. The molecule has 2 aromatic rings. The Morgan fingerprint density at radius 2 is 2.23 bits per heavy atom. The number of ether oxygens (including phenoxy) is 1. The molecule has 1 atom stereocenters. The van der Waals surface area contributed by atoms with E-state index >= 15 is 0 Å². The van der Waals surface area contributed by atoms with Crippen LogP contribution in [0, 0.1) is 11.3 Å². The number of hydrogen-bond acceptors (Lipinski definition) is 4. The molecule has 1 aliphatic rings. The number of benzene rings is 1. The van der Waals surface area contributed by atoms with Crippen molar-refractivity contribution in [2.45, 2.75) is 18.9 Å². The molecule has 1 amide bonds. The lowest BCUT2D eigenvalue weighted by molar-refractivity contribution is -0.134. The molecule has 1 aromatic carbocycles. The first-order chi connectivity index (χ1) is 10.8. The van der Waals surface area contributed by atoms with Crippen molar-refractivity contribution < 1.29 is 9.53 Å². The number of carbonyl (C=O) groups excluding carboxylic acids is 1. The summed E-state index contributed by atoms with van der Waals surface area (Å²) in [4.78, 5) is 15.6. The Labute approximate surface area is 133 Å². The van der Waals surface area contributed by atoms with Crippen LogP contribution in [0.1, 0.15) is 29.3 Å². The average Bonchev–Trinajstić information content (AvgIpc) is 3.23. The van der Waals surface area contributed by atoms with Gasteiger partial charge in [-0.1, -0.05) is 18.2 Å². The van der Waals surface area contributed by atoms with Crippen molar-refractivity contribution in [3.63, 3.8) is 0 Å². The number of rotatable bonds is 4. The minimum Gasteiger partial charge on any atom is -0.482 e.